The van der Waals surface area contributed by atoms with Crippen LogP contribution in [0.3, 0.4) is 0 Å². The van der Waals surface area contributed by atoms with Crippen molar-refractivity contribution in [1.29, 1.82) is 0 Å². The normalized spacial score (nSPS) is 12.5. The quantitative estimate of drug-likeness (QED) is 0.615. The largest absolute Gasteiger partial charge is 0.493 e. The smallest absolute Gasteiger partial charge is 0.259 e. The SMILES string of the molecule is COc1cc(C(=O)Nc2ccc3c(c2)CCCN3C(=O)c2cccnc2)cc(OC)c1OC. The number of hydrogen-bond acceptors (Lipinski definition) is 6. The molecule has 8 nitrogen and oxygen atoms in total. The van der Waals surface area contributed by atoms with Crippen molar-refractivity contribution in [2.24, 2.45) is 0 Å². The number of nitrogens with zero attached hydrogens (tertiary/aromatic N) is 2. The molecule has 0 unspecified atom stereocenters. The van der Waals surface area contributed by atoms with Gasteiger partial charge in [0.15, 0.2) is 11.5 Å². The van der Waals surface area contributed by atoms with E-state index in [1.165, 1.54) is 21.3 Å². The maximum atomic E-state index is 13.0. The van der Waals surface area contributed by atoms with Crippen LogP contribution in [-0.2, 0) is 6.42 Å². The molecule has 170 valence electrons. The molecule has 2 aromatic carbocycles. The summed E-state index contributed by atoms with van der Waals surface area (Å²) in [5, 5.41) is 2.92. The van der Waals surface area contributed by atoms with Crippen LogP contribution in [0, 0.1) is 0 Å². The second-order valence-electron chi connectivity index (χ2n) is 7.51. The number of aryl methyl sites for hydroxylation is 1. The lowest BCUT2D eigenvalue weighted by Gasteiger charge is -2.30. The van der Waals surface area contributed by atoms with Crippen LogP contribution in [0.1, 0.15) is 32.7 Å². The molecule has 8 heteroatoms. The molecule has 0 saturated heterocycles. The Morgan fingerprint density at radius 3 is 2.36 bits per heavy atom. The molecular weight excluding hydrogens is 422 g/mol. The van der Waals surface area contributed by atoms with Crippen molar-refractivity contribution in [3.8, 4) is 17.2 Å². The van der Waals surface area contributed by atoms with Crippen LogP contribution in [0.25, 0.3) is 0 Å². The number of hydrogen-bond donors (Lipinski definition) is 1. The molecule has 1 N–H and O–H groups in total. The van der Waals surface area contributed by atoms with Gasteiger partial charge in [0.1, 0.15) is 0 Å². The first-order chi connectivity index (χ1) is 16.0. The number of aromatic nitrogens is 1. The molecule has 4 rings (SSSR count). The first kappa shape index (κ1) is 22.1. The van der Waals surface area contributed by atoms with Crippen molar-refractivity contribution in [1.82, 2.24) is 4.98 Å². The van der Waals surface area contributed by atoms with Gasteiger partial charge in [0.05, 0.1) is 26.9 Å². The Morgan fingerprint density at radius 1 is 0.970 bits per heavy atom. The van der Waals surface area contributed by atoms with Crippen LogP contribution < -0.4 is 24.4 Å². The molecule has 0 bridgehead atoms. The van der Waals surface area contributed by atoms with Gasteiger partial charge in [0, 0.05) is 35.9 Å². The van der Waals surface area contributed by atoms with Gasteiger partial charge in [-0.3, -0.25) is 14.6 Å². The van der Waals surface area contributed by atoms with E-state index >= 15 is 0 Å². The first-order valence-corrected chi connectivity index (χ1v) is 10.5. The molecule has 0 radical (unpaired) electrons. The summed E-state index contributed by atoms with van der Waals surface area (Å²) in [5.41, 5.74) is 3.41. The van der Waals surface area contributed by atoms with Gasteiger partial charge in [0.2, 0.25) is 5.75 Å². The molecule has 1 aliphatic heterocycles. The van der Waals surface area contributed by atoms with Crippen LogP contribution in [0.5, 0.6) is 17.2 Å². The third-order valence-electron chi connectivity index (χ3n) is 5.54. The van der Waals surface area contributed by atoms with E-state index in [0.717, 1.165) is 24.1 Å². The van der Waals surface area contributed by atoms with E-state index < -0.39 is 0 Å². The van der Waals surface area contributed by atoms with Crippen LogP contribution >= 0.6 is 0 Å². The lowest BCUT2D eigenvalue weighted by Crippen LogP contribution is -2.35. The van der Waals surface area contributed by atoms with Gasteiger partial charge in [-0.1, -0.05) is 0 Å². The highest BCUT2D eigenvalue weighted by molar-refractivity contribution is 6.07. The monoisotopic (exact) mass is 447 g/mol. The lowest BCUT2D eigenvalue weighted by atomic mass is 10.00. The molecule has 1 aliphatic rings. The highest BCUT2D eigenvalue weighted by Crippen LogP contribution is 2.38. The number of carbonyl (C=O) groups excluding carboxylic acids is 2. The Morgan fingerprint density at radius 2 is 1.73 bits per heavy atom. The van der Waals surface area contributed by atoms with E-state index in [1.807, 2.05) is 12.1 Å². The second kappa shape index (κ2) is 9.60. The predicted octanol–water partition coefficient (Wildman–Crippen LogP) is 3.95. The van der Waals surface area contributed by atoms with Crippen molar-refractivity contribution in [2.45, 2.75) is 12.8 Å². The Kier molecular flexibility index (Phi) is 6.44. The average Bonchev–Trinajstić information content (AvgIpc) is 2.87. The average molecular weight is 447 g/mol. The summed E-state index contributed by atoms with van der Waals surface area (Å²) < 4.78 is 16.0. The van der Waals surface area contributed by atoms with Crippen molar-refractivity contribution in [2.75, 3.05) is 38.1 Å². The number of methoxy groups -OCH3 is 3. The molecular formula is C25H25N3O5. The summed E-state index contributed by atoms with van der Waals surface area (Å²) in [7, 11) is 4.51. The van der Waals surface area contributed by atoms with Gasteiger partial charge in [-0.2, -0.15) is 0 Å². The summed E-state index contributed by atoms with van der Waals surface area (Å²) in [6, 6.07) is 12.3. The number of ether oxygens (including phenoxy) is 3. The number of fused-ring (bicyclic) bond motifs is 1. The van der Waals surface area contributed by atoms with E-state index in [2.05, 4.69) is 10.3 Å². The molecule has 2 heterocycles. The van der Waals surface area contributed by atoms with E-state index in [4.69, 9.17) is 14.2 Å². The van der Waals surface area contributed by atoms with Gasteiger partial charge in [-0.15, -0.1) is 0 Å². The fraction of sp³-hybridized carbons (Fsp3) is 0.240. The Hall–Kier alpha value is -4.07. The molecule has 3 aromatic rings. The van der Waals surface area contributed by atoms with Gasteiger partial charge in [-0.05, 0) is 60.9 Å². The van der Waals surface area contributed by atoms with Gasteiger partial charge < -0.3 is 24.4 Å². The lowest BCUT2D eigenvalue weighted by molar-refractivity contribution is 0.0983. The van der Waals surface area contributed by atoms with E-state index in [1.54, 1.807) is 47.6 Å². The van der Waals surface area contributed by atoms with Crippen LogP contribution in [0.2, 0.25) is 0 Å². The summed E-state index contributed by atoms with van der Waals surface area (Å²) in [6.07, 6.45) is 4.87. The molecule has 1 aromatic heterocycles. The molecule has 0 atom stereocenters. The zero-order valence-electron chi connectivity index (χ0n) is 18.8. The van der Waals surface area contributed by atoms with Crippen LogP contribution in [0.4, 0.5) is 11.4 Å². The minimum absolute atomic E-state index is 0.0849. The Balaban J connectivity index is 1.57. The van der Waals surface area contributed by atoms with E-state index in [-0.39, 0.29) is 11.8 Å². The minimum Gasteiger partial charge on any atom is -0.493 e. The number of anilines is 2. The molecule has 0 spiro atoms. The summed E-state index contributed by atoms with van der Waals surface area (Å²) in [4.78, 5) is 31.7. The highest BCUT2D eigenvalue weighted by Gasteiger charge is 2.24. The predicted molar refractivity (Wildman–Crippen MR) is 125 cm³/mol. The number of rotatable bonds is 6. The van der Waals surface area contributed by atoms with Crippen molar-refractivity contribution >= 4 is 23.2 Å². The zero-order valence-corrected chi connectivity index (χ0v) is 18.8. The minimum atomic E-state index is -0.312. The van der Waals surface area contributed by atoms with Gasteiger partial charge >= 0.3 is 0 Å². The number of pyridine rings is 1. The van der Waals surface area contributed by atoms with Crippen LogP contribution in [-0.4, -0.2) is 44.7 Å². The maximum absolute atomic E-state index is 13.0. The van der Waals surface area contributed by atoms with Crippen molar-refractivity contribution in [3.05, 3.63) is 71.5 Å². The third kappa shape index (κ3) is 4.45. The fourth-order valence-corrected chi connectivity index (χ4v) is 3.95. The Bertz CT molecular complexity index is 1150. The molecule has 33 heavy (non-hydrogen) atoms. The number of amides is 2. The fourth-order valence-electron chi connectivity index (χ4n) is 3.95. The second-order valence-corrected chi connectivity index (χ2v) is 7.51. The maximum Gasteiger partial charge on any atom is 0.259 e. The van der Waals surface area contributed by atoms with Crippen molar-refractivity contribution < 1.29 is 23.8 Å². The van der Waals surface area contributed by atoms with E-state index in [9.17, 15) is 9.59 Å². The topological polar surface area (TPSA) is 90.0 Å². The highest BCUT2D eigenvalue weighted by atomic mass is 16.5. The number of carbonyl (C=O) groups is 2. The van der Waals surface area contributed by atoms with E-state index in [0.29, 0.717) is 40.6 Å². The molecule has 0 aliphatic carbocycles. The van der Waals surface area contributed by atoms with Crippen molar-refractivity contribution in [3.63, 3.8) is 0 Å². The number of benzene rings is 2. The Labute approximate surface area is 192 Å². The standard InChI is InChI=1S/C25H25N3O5/c1-31-21-13-18(14-22(32-2)23(21)33-3)24(29)27-19-8-9-20-16(12-19)7-5-11-28(20)25(30)17-6-4-10-26-15-17/h4,6,8-10,12-15H,5,7,11H2,1-3H3,(H,27,29). The first-order valence-electron chi connectivity index (χ1n) is 10.5. The molecule has 0 saturated carbocycles. The molecule has 2 amide bonds. The third-order valence-corrected chi connectivity index (χ3v) is 5.54. The summed E-state index contributed by atoms with van der Waals surface area (Å²) in [6.45, 7) is 0.637. The number of nitrogens with one attached hydrogen (secondary N) is 1. The summed E-state index contributed by atoms with van der Waals surface area (Å²) >= 11 is 0. The van der Waals surface area contributed by atoms with Gasteiger partial charge in [-0.25, -0.2) is 0 Å². The molecule has 0 fully saturated rings. The zero-order chi connectivity index (χ0) is 23.4. The summed E-state index contributed by atoms with van der Waals surface area (Å²) in [5.74, 6) is 0.823. The van der Waals surface area contributed by atoms with Gasteiger partial charge in [0.25, 0.3) is 11.8 Å². The van der Waals surface area contributed by atoms with Crippen LogP contribution in [0.15, 0.2) is 54.9 Å².